The maximum atomic E-state index is 12.9. The third kappa shape index (κ3) is 4.67. The number of furan rings is 1. The van der Waals surface area contributed by atoms with Crippen LogP contribution in [-0.4, -0.2) is 56.5 Å². The monoisotopic (exact) mass is 409 g/mol. The summed E-state index contributed by atoms with van der Waals surface area (Å²) >= 11 is 0. The number of fused-ring (bicyclic) bond motifs is 1. The molecule has 2 aliphatic rings. The Hall–Kier alpha value is -2.80. The minimum Gasteiger partial charge on any atom is -0.468 e. The van der Waals surface area contributed by atoms with Gasteiger partial charge in [-0.15, -0.1) is 0 Å². The first kappa shape index (κ1) is 20.5. The molecule has 1 aromatic heterocycles. The highest BCUT2D eigenvalue weighted by molar-refractivity contribution is 5.98. The summed E-state index contributed by atoms with van der Waals surface area (Å²) in [6.07, 6.45) is 6.18. The summed E-state index contributed by atoms with van der Waals surface area (Å²) in [4.78, 5) is 21.5. The fourth-order valence-corrected chi connectivity index (χ4v) is 4.41. The number of amides is 1. The Labute approximate surface area is 178 Å². The fourth-order valence-electron chi connectivity index (χ4n) is 4.41. The number of benzene rings is 1. The standard InChI is InChI=1S/C23H31N5O2/c1-24-23(25-16-20(21-11-7-15-30-21)27-12-4-5-13-27)26-17-22(29)28-14-6-9-18-8-2-3-10-19(18)28/h2-3,7-8,10-11,15,20H,4-6,9,12-14,16-17H2,1H3,(H2,24,25,26). The Balaban J connectivity index is 1.33. The summed E-state index contributed by atoms with van der Waals surface area (Å²) in [5.74, 6) is 1.65. The van der Waals surface area contributed by atoms with E-state index in [0.29, 0.717) is 12.5 Å². The second-order valence-corrected chi connectivity index (χ2v) is 7.86. The molecule has 4 rings (SSSR count). The van der Waals surface area contributed by atoms with Gasteiger partial charge in [0.25, 0.3) is 0 Å². The third-order valence-electron chi connectivity index (χ3n) is 5.96. The van der Waals surface area contributed by atoms with E-state index >= 15 is 0 Å². The predicted molar refractivity (Wildman–Crippen MR) is 119 cm³/mol. The summed E-state index contributed by atoms with van der Waals surface area (Å²) in [7, 11) is 1.73. The van der Waals surface area contributed by atoms with Crippen LogP contribution in [0.2, 0.25) is 0 Å². The number of nitrogens with zero attached hydrogens (tertiary/aromatic N) is 3. The quantitative estimate of drug-likeness (QED) is 0.567. The number of aliphatic imine (C=N–C) groups is 1. The van der Waals surface area contributed by atoms with Crippen molar-refractivity contribution in [1.29, 1.82) is 0 Å². The number of carbonyl (C=O) groups is 1. The lowest BCUT2D eigenvalue weighted by Crippen LogP contribution is -2.47. The van der Waals surface area contributed by atoms with Crippen LogP contribution in [0.3, 0.4) is 0 Å². The smallest absolute Gasteiger partial charge is 0.246 e. The molecule has 1 fully saturated rings. The van der Waals surface area contributed by atoms with Gasteiger partial charge in [-0.05, 0) is 62.5 Å². The van der Waals surface area contributed by atoms with E-state index in [1.165, 1.54) is 18.4 Å². The first-order valence-corrected chi connectivity index (χ1v) is 10.9. The summed E-state index contributed by atoms with van der Waals surface area (Å²) in [5, 5.41) is 6.57. The molecule has 7 nitrogen and oxygen atoms in total. The number of anilines is 1. The van der Waals surface area contributed by atoms with Gasteiger partial charge >= 0.3 is 0 Å². The Morgan fingerprint density at radius 2 is 1.93 bits per heavy atom. The van der Waals surface area contributed by atoms with Crippen LogP contribution in [-0.2, 0) is 11.2 Å². The van der Waals surface area contributed by atoms with E-state index in [9.17, 15) is 4.79 Å². The lowest BCUT2D eigenvalue weighted by molar-refractivity contribution is -0.117. The Bertz CT molecular complexity index is 858. The van der Waals surface area contributed by atoms with Crippen molar-refractivity contribution in [3.05, 3.63) is 54.0 Å². The van der Waals surface area contributed by atoms with E-state index in [1.807, 2.05) is 35.2 Å². The zero-order valence-electron chi connectivity index (χ0n) is 17.6. The molecule has 0 radical (unpaired) electrons. The number of guanidine groups is 1. The molecule has 3 heterocycles. The molecule has 30 heavy (non-hydrogen) atoms. The topological polar surface area (TPSA) is 73.1 Å². The van der Waals surface area contributed by atoms with Crippen LogP contribution in [0.4, 0.5) is 5.69 Å². The van der Waals surface area contributed by atoms with Gasteiger partial charge in [0.05, 0.1) is 18.8 Å². The zero-order valence-corrected chi connectivity index (χ0v) is 17.6. The zero-order chi connectivity index (χ0) is 20.8. The number of hydrogen-bond acceptors (Lipinski definition) is 4. The minimum absolute atomic E-state index is 0.0622. The van der Waals surface area contributed by atoms with Gasteiger partial charge in [0.2, 0.25) is 5.91 Å². The first-order chi connectivity index (χ1) is 14.8. The number of rotatable bonds is 6. The van der Waals surface area contributed by atoms with Crippen molar-refractivity contribution < 1.29 is 9.21 Å². The molecule has 0 saturated carbocycles. The average Bonchev–Trinajstić information content (AvgIpc) is 3.50. The summed E-state index contributed by atoms with van der Waals surface area (Å²) in [6.45, 7) is 3.80. The van der Waals surface area contributed by atoms with Crippen molar-refractivity contribution in [2.24, 2.45) is 4.99 Å². The highest BCUT2D eigenvalue weighted by atomic mass is 16.3. The molecule has 1 amide bonds. The van der Waals surface area contributed by atoms with Crippen LogP contribution >= 0.6 is 0 Å². The van der Waals surface area contributed by atoms with Crippen LogP contribution in [0.5, 0.6) is 0 Å². The molecule has 0 bridgehead atoms. The van der Waals surface area contributed by atoms with E-state index in [-0.39, 0.29) is 18.5 Å². The van der Waals surface area contributed by atoms with Crippen molar-refractivity contribution in [2.75, 3.05) is 44.7 Å². The summed E-state index contributed by atoms with van der Waals surface area (Å²) < 4.78 is 5.68. The van der Waals surface area contributed by atoms with E-state index in [0.717, 1.165) is 43.9 Å². The fraction of sp³-hybridized carbons (Fsp3) is 0.478. The van der Waals surface area contributed by atoms with Gasteiger partial charge < -0.3 is 20.0 Å². The van der Waals surface area contributed by atoms with Crippen molar-refractivity contribution in [2.45, 2.75) is 31.7 Å². The van der Waals surface area contributed by atoms with Gasteiger partial charge in [0, 0.05) is 25.8 Å². The molecular formula is C23H31N5O2. The second kappa shape index (κ2) is 9.80. The van der Waals surface area contributed by atoms with Gasteiger partial charge in [0.1, 0.15) is 5.76 Å². The number of likely N-dealkylation sites (tertiary alicyclic amines) is 1. The van der Waals surface area contributed by atoms with Gasteiger partial charge in [-0.2, -0.15) is 0 Å². The summed E-state index contributed by atoms with van der Waals surface area (Å²) in [5.41, 5.74) is 2.27. The predicted octanol–water partition coefficient (Wildman–Crippen LogP) is 2.56. The van der Waals surface area contributed by atoms with Gasteiger partial charge in [0.15, 0.2) is 5.96 Å². The maximum absolute atomic E-state index is 12.9. The lowest BCUT2D eigenvalue weighted by Gasteiger charge is -2.30. The number of hydrogen-bond donors (Lipinski definition) is 2. The molecule has 2 N–H and O–H groups in total. The van der Waals surface area contributed by atoms with E-state index in [4.69, 9.17) is 4.42 Å². The van der Waals surface area contributed by atoms with E-state index in [2.05, 4.69) is 26.6 Å². The van der Waals surface area contributed by atoms with Gasteiger partial charge in [-0.3, -0.25) is 14.7 Å². The Morgan fingerprint density at radius 3 is 2.70 bits per heavy atom. The molecule has 0 aliphatic carbocycles. The minimum atomic E-state index is 0.0622. The normalized spacial score (nSPS) is 18.2. The SMILES string of the molecule is CN=C(NCC(=O)N1CCCc2ccccc21)NCC(c1ccco1)N1CCCC1. The third-order valence-corrected chi connectivity index (χ3v) is 5.96. The Morgan fingerprint density at radius 1 is 1.10 bits per heavy atom. The molecule has 7 heteroatoms. The van der Waals surface area contributed by atoms with Crippen LogP contribution < -0.4 is 15.5 Å². The van der Waals surface area contributed by atoms with Crippen molar-refractivity contribution in [3.8, 4) is 0 Å². The van der Waals surface area contributed by atoms with Crippen LogP contribution in [0.25, 0.3) is 0 Å². The van der Waals surface area contributed by atoms with Gasteiger partial charge in [-0.25, -0.2) is 0 Å². The highest BCUT2D eigenvalue weighted by Crippen LogP contribution is 2.27. The van der Waals surface area contributed by atoms with Crippen LogP contribution in [0.1, 0.15) is 36.6 Å². The van der Waals surface area contributed by atoms with E-state index in [1.54, 1.807) is 13.3 Å². The molecule has 1 aromatic carbocycles. The van der Waals surface area contributed by atoms with Crippen molar-refractivity contribution in [3.63, 3.8) is 0 Å². The van der Waals surface area contributed by atoms with Crippen molar-refractivity contribution >= 4 is 17.6 Å². The number of carbonyl (C=O) groups excluding carboxylic acids is 1. The molecule has 1 saturated heterocycles. The molecule has 0 spiro atoms. The van der Waals surface area contributed by atoms with Crippen LogP contribution in [0, 0.1) is 0 Å². The maximum Gasteiger partial charge on any atom is 0.246 e. The Kier molecular flexibility index (Phi) is 6.69. The molecule has 2 aliphatic heterocycles. The van der Waals surface area contributed by atoms with E-state index < -0.39 is 0 Å². The highest BCUT2D eigenvalue weighted by Gasteiger charge is 2.26. The average molecular weight is 410 g/mol. The summed E-state index contributed by atoms with van der Waals surface area (Å²) in [6, 6.07) is 12.3. The largest absolute Gasteiger partial charge is 0.468 e. The van der Waals surface area contributed by atoms with Crippen LogP contribution in [0.15, 0.2) is 52.1 Å². The second-order valence-electron chi connectivity index (χ2n) is 7.86. The number of nitrogens with one attached hydrogen (secondary N) is 2. The van der Waals surface area contributed by atoms with Gasteiger partial charge in [-0.1, -0.05) is 18.2 Å². The first-order valence-electron chi connectivity index (χ1n) is 10.9. The van der Waals surface area contributed by atoms with Crippen molar-refractivity contribution in [1.82, 2.24) is 15.5 Å². The molecule has 1 unspecified atom stereocenters. The number of aryl methyl sites for hydroxylation is 1. The lowest BCUT2D eigenvalue weighted by atomic mass is 10.0. The molecule has 2 aromatic rings. The number of para-hydroxylation sites is 1. The molecule has 1 atom stereocenters. The molecule has 160 valence electrons. The molecular weight excluding hydrogens is 378 g/mol.